The number of aromatic amines is 1. The molecule has 1 heterocycles. The third-order valence-corrected chi connectivity index (χ3v) is 1.75. The van der Waals surface area contributed by atoms with Gasteiger partial charge in [-0.2, -0.15) is 0 Å². The maximum absolute atomic E-state index is 10.8. The lowest BCUT2D eigenvalue weighted by atomic mass is 10.5. The molecule has 0 aliphatic heterocycles. The van der Waals surface area contributed by atoms with E-state index < -0.39 is 0 Å². The van der Waals surface area contributed by atoms with Crippen LogP contribution >= 0.6 is 15.9 Å². The van der Waals surface area contributed by atoms with Crippen molar-refractivity contribution in [1.29, 1.82) is 0 Å². The summed E-state index contributed by atoms with van der Waals surface area (Å²) in [5.41, 5.74) is 0.499. The lowest BCUT2D eigenvalue weighted by Gasteiger charge is -1.93. The van der Waals surface area contributed by atoms with Gasteiger partial charge < -0.3 is 10.1 Å². The normalized spacial score (nSPS) is 10.2. The summed E-state index contributed by atoms with van der Waals surface area (Å²) in [6.45, 7) is 1.63. The van der Waals surface area contributed by atoms with Crippen LogP contribution in [0.15, 0.2) is 4.79 Å². The van der Waals surface area contributed by atoms with E-state index in [1.54, 1.807) is 6.92 Å². The maximum Gasteiger partial charge on any atom is 0.329 e. The van der Waals surface area contributed by atoms with Crippen molar-refractivity contribution in [3.05, 3.63) is 16.2 Å². The average Bonchev–Trinajstić information content (AvgIpc) is 2.09. The van der Waals surface area contributed by atoms with Gasteiger partial charge in [0.1, 0.15) is 0 Å². The fourth-order valence-corrected chi connectivity index (χ4v) is 1.16. The zero-order valence-electron chi connectivity index (χ0n) is 5.39. The number of imidazole rings is 1. The standard InChI is InChI=1S/C5H7BrN2O2/c1-3-4(9)8(2-6)5(10)7-3/h9H,2H2,1H3,(H,7,10). The quantitative estimate of drug-likeness (QED) is 0.660. The van der Waals surface area contributed by atoms with Crippen LogP contribution in [-0.4, -0.2) is 14.7 Å². The van der Waals surface area contributed by atoms with Crippen LogP contribution in [0.1, 0.15) is 5.69 Å². The number of rotatable bonds is 1. The Balaban J connectivity index is 3.34. The molecule has 2 N–H and O–H groups in total. The summed E-state index contributed by atoms with van der Waals surface area (Å²) in [5.74, 6) is -0.0122. The molecule has 0 spiro atoms. The Bertz CT molecular complexity index is 288. The lowest BCUT2D eigenvalue weighted by molar-refractivity contribution is 0.425. The van der Waals surface area contributed by atoms with Crippen molar-refractivity contribution in [2.24, 2.45) is 0 Å². The van der Waals surface area contributed by atoms with Crippen LogP contribution in [-0.2, 0) is 5.45 Å². The van der Waals surface area contributed by atoms with Crippen LogP contribution in [0.3, 0.4) is 0 Å². The van der Waals surface area contributed by atoms with Crippen LogP contribution in [0.2, 0.25) is 0 Å². The molecule has 0 aliphatic rings. The van der Waals surface area contributed by atoms with Gasteiger partial charge in [-0.1, -0.05) is 15.9 Å². The Hall–Kier alpha value is -0.710. The molecular weight excluding hydrogens is 200 g/mol. The molecule has 0 radical (unpaired) electrons. The van der Waals surface area contributed by atoms with E-state index in [-0.39, 0.29) is 11.6 Å². The molecule has 1 aromatic rings. The largest absolute Gasteiger partial charge is 0.493 e. The highest BCUT2D eigenvalue weighted by molar-refractivity contribution is 9.08. The summed E-state index contributed by atoms with van der Waals surface area (Å²) >= 11 is 3.06. The highest BCUT2D eigenvalue weighted by atomic mass is 79.9. The van der Waals surface area contributed by atoms with Crippen molar-refractivity contribution in [1.82, 2.24) is 9.55 Å². The molecule has 5 heteroatoms. The number of aromatic nitrogens is 2. The minimum atomic E-state index is -0.299. The van der Waals surface area contributed by atoms with Crippen molar-refractivity contribution >= 4 is 15.9 Å². The van der Waals surface area contributed by atoms with Gasteiger partial charge >= 0.3 is 5.69 Å². The first kappa shape index (κ1) is 7.40. The molecular formula is C5H7BrN2O2. The highest BCUT2D eigenvalue weighted by Gasteiger charge is 2.06. The van der Waals surface area contributed by atoms with Gasteiger partial charge in [-0.25, -0.2) is 4.79 Å². The summed E-state index contributed by atoms with van der Waals surface area (Å²) in [6.07, 6.45) is 0. The van der Waals surface area contributed by atoms with E-state index in [0.717, 1.165) is 0 Å². The van der Waals surface area contributed by atoms with E-state index in [1.165, 1.54) is 4.57 Å². The Morgan fingerprint density at radius 3 is 2.60 bits per heavy atom. The average molecular weight is 207 g/mol. The monoisotopic (exact) mass is 206 g/mol. The molecule has 0 fully saturated rings. The molecule has 0 saturated carbocycles. The van der Waals surface area contributed by atoms with Gasteiger partial charge in [-0.3, -0.25) is 4.57 Å². The molecule has 1 aromatic heterocycles. The van der Waals surface area contributed by atoms with Gasteiger partial charge in [0.25, 0.3) is 0 Å². The van der Waals surface area contributed by atoms with E-state index in [0.29, 0.717) is 11.1 Å². The fraction of sp³-hybridized carbons (Fsp3) is 0.400. The van der Waals surface area contributed by atoms with Gasteiger partial charge in [-0.05, 0) is 6.92 Å². The second kappa shape index (κ2) is 2.49. The summed E-state index contributed by atoms with van der Waals surface area (Å²) in [7, 11) is 0. The first-order valence-corrected chi connectivity index (χ1v) is 3.83. The SMILES string of the molecule is Cc1[nH]c(=O)n(CBr)c1O. The summed E-state index contributed by atoms with van der Waals surface area (Å²) < 4.78 is 1.19. The van der Waals surface area contributed by atoms with Crippen molar-refractivity contribution in [3.63, 3.8) is 0 Å². The number of aromatic hydroxyl groups is 1. The number of halogens is 1. The van der Waals surface area contributed by atoms with Crippen LogP contribution in [0.5, 0.6) is 5.88 Å². The molecule has 1 rings (SSSR count). The zero-order chi connectivity index (χ0) is 7.72. The van der Waals surface area contributed by atoms with Gasteiger partial charge in [0.05, 0.1) is 11.1 Å². The smallest absolute Gasteiger partial charge is 0.329 e. The third-order valence-electron chi connectivity index (χ3n) is 1.25. The lowest BCUT2D eigenvalue weighted by Crippen LogP contribution is -2.13. The fourth-order valence-electron chi connectivity index (χ4n) is 0.693. The van der Waals surface area contributed by atoms with E-state index >= 15 is 0 Å². The van der Waals surface area contributed by atoms with Crippen LogP contribution in [0, 0.1) is 6.92 Å². The van der Waals surface area contributed by atoms with Crippen LogP contribution in [0.4, 0.5) is 0 Å². The Morgan fingerprint density at radius 2 is 2.40 bits per heavy atom. The minimum absolute atomic E-state index is 0.0122. The number of alkyl halides is 1. The number of nitrogens with zero attached hydrogens (tertiary/aromatic N) is 1. The van der Waals surface area contributed by atoms with Gasteiger partial charge in [0.15, 0.2) is 0 Å². The first-order valence-electron chi connectivity index (χ1n) is 2.71. The van der Waals surface area contributed by atoms with E-state index in [9.17, 15) is 4.79 Å². The highest BCUT2D eigenvalue weighted by Crippen LogP contribution is 2.10. The van der Waals surface area contributed by atoms with Crippen molar-refractivity contribution < 1.29 is 5.11 Å². The molecule has 0 atom stereocenters. The number of hydrogen-bond donors (Lipinski definition) is 2. The molecule has 10 heavy (non-hydrogen) atoms. The Labute approximate surface area is 65.6 Å². The topological polar surface area (TPSA) is 58.0 Å². The third kappa shape index (κ3) is 0.965. The molecule has 0 saturated heterocycles. The minimum Gasteiger partial charge on any atom is -0.493 e. The van der Waals surface area contributed by atoms with Crippen molar-refractivity contribution in [3.8, 4) is 5.88 Å². The maximum atomic E-state index is 10.8. The number of aryl methyl sites for hydroxylation is 1. The molecule has 0 bridgehead atoms. The van der Waals surface area contributed by atoms with E-state index in [1.807, 2.05) is 0 Å². The van der Waals surface area contributed by atoms with Crippen LogP contribution < -0.4 is 5.69 Å². The van der Waals surface area contributed by atoms with E-state index in [4.69, 9.17) is 5.11 Å². The summed E-state index contributed by atoms with van der Waals surface area (Å²) in [4.78, 5) is 13.3. The number of hydrogen-bond acceptors (Lipinski definition) is 2. The molecule has 0 aromatic carbocycles. The molecule has 56 valence electrons. The zero-order valence-corrected chi connectivity index (χ0v) is 6.97. The van der Waals surface area contributed by atoms with Crippen LogP contribution in [0.25, 0.3) is 0 Å². The van der Waals surface area contributed by atoms with E-state index in [2.05, 4.69) is 20.9 Å². The Morgan fingerprint density at radius 1 is 1.80 bits per heavy atom. The second-order valence-corrected chi connectivity index (χ2v) is 2.43. The predicted molar refractivity (Wildman–Crippen MR) is 40.4 cm³/mol. The number of H-pyrrole nitrogens is 1. The van der Waals surface area contributed by atoms with Gasteiger partial charge in [0.2, 0.25) is 5.88 Å². The number of nitrogens with one attached hydrogen (secondary N) is 1. The second-order valence-electron chi connectivity index (χ2n) is 1.93. The van der Waals surface area contributed by atoms with Crippen molar-refractivity contribution in [2.75, 3.05) is 0 Å². The summed E-state index contributed by atoms with van der Waals surface area (Å²) in [6, 6.07) is 0. The summed E-state index contributed by atoms with van der Waals surface area (Å²) in [5, 5.41) is 9.12. The van der Waals surface area contributed by atoms with Gasteiger partial charge in [0, 0.05) is 0 Å². The molecule has 0 aliphatic carbocycles. The molecule has 0 unspecified atom stereocenters. The molecule has 4 nitrogen and oxygen atoms in total. The Kier molecular flexibility index (Phi) is 1.85. The first-order chi connectivity index (χ1) is 4.66. The van der Waals surface area contributed by atoms with Gasteiger partial charge in [-0.15, -0.1) is 0 Å². The molecule has 0 amide bonds. The predicted octanol–water partition coefficient (Wildman–Crippen LogP) is 0.543. The van der Waals surface area contributed by atoms with Crippen molar-refractivity contribution in [2.45, 2.75) is 12.4 Å².